The molecule has 0 saturated heterocycles. The maximum atomic E-state index is 12.6. The van der Waals surface area contributed by atoms with Gasteiger partial charge in [0.1, 0.15) is 0 Å². The second-order valence-corrected chi connectivity index (χ2v) is 5.65. The molecule has 2 aromatic rings. The Morgan fingerprint density at radius 1 is 1.17 bits per heavy atom. The van der Waals surface area contributed by atoms with E-state index in [1.165, 1.54) is 18.2 Å². The van der Waals surface area contributed by atoms with Crippen LogP contribution < -0.4 is 0 Å². The minimum Gasteiger partial charge on any atom is -0.334 e. The zero-order chi connectivity index (χ0) is 17.0. The molecule has 0 spiro atoms. The van der Waals surface area contributed by atoms with E-state index in [0.717, 1.165) is 5.56 Å². The van der Waals surface area contributed by atoms with E-state index in [-0.39, 0.29) is 22.2 Å². The molecule has 7 heteroatoms. The van der Waals surface area contributed by atoms with E-state index in [1.54, 1.807) is 11.0 Å². The van der Waals surface area contributed by atoms with Crippen LogP contribution in [0.4, 0.5) is 5.69 Å². The molecule has 0 aliphatic heterocycles. The van der Waals surface area contributed by atoms with Crippen molar-refractivity contribution in [2.45, 2.75) is 13.5 Å². The summed E-state index contributed by atoms with van der Waals surface area (Å²) in [6.45, 7) is 2.63. The summed E-state index contributed by atoms with van der Waals surface area (Å²) >= 11 is 12.1. The molecule has 0 saturated carbocycles. The number of benzene rings is 2. The summed E-state index contributed by atoms with van der Waals surface area (Å²) in [7, 11) is 0. The van der Waals surface area contributed by atoms with Crippen molar-refractivity contribution in [3.8, 4) is 0 Å². The van der Waals surface area contributed by atoms with Gasteiger partial charge in [-0.3, -0.25) is 14.9 Å². The molecule has 2 rings (SSSR count). The summed E-state index contributed by atoms with van der Waals surface area (Å²) in [5.41, 5.74) is 0.897. The van der Waals surface area contributed by atoms with Gasteiger partial charge in [-0.15, -0.1) is 0 Å². The first-order chi connectivity index (χ1) is 10.9. The van der Waals surface area contributed by atoms with Crippen LogP contribution in [0.1, 0.15) is 22.8 Å². The van der Waals surface area contributed by atoms with Crippen molar-refractivity contribution in [2.75, 3.05) is 6.54 Å². The van der Waals surface area contributed by atoms with Crippen LogP contribution in [-0.4, -0.2) is 22.3 Å². The van der Waals surface area contributed by atoms with Gasteiger partial charge in [0.2, 0.25) is 0 Å². The Balaban J connectivity index is 2.26. The molecule has 0 aromatic heterocycles. The summed E-state index contributed by atoms with van der Waals surface area (Å²) in [5, 5.41) is 11.4. The summed E-state index contributed by atoms with van der Waals surface area (Å²) in [6, 6.07) is 11.1. The second kappa shape index (κ2) is 7.44. The maximum Gasteiger partial charge on any atom is 0.270 e. The standard InChI is InChI=1S/C16H14Cl2N2O3/c1-2-19(10-11-5-3-4-6-14(11)17)16(21)13-8-7-12(20(22)23)9-15(13)18/h3-9H,2,10H2,1H3. The molecule has 5 nitrogen and oxygen atoms in total. The monoisotopic (exact) mass is 352 g/mol. The Morgan fingerprint density at radius 2 is 1.87 bits per heavy atom. The van der Waals surface area contributed by atoms with Crippen LogP contribution in [0.25, 0.3) is 0 Å². The molecule has 23 heavy (non-hydrogen) atoms. The van der Waals surface area contributed by atoms with Crippen LogP contribution in [0, 0.1) is 10.1 Å². The third-order valence-corrected chi connectivity index (χ3v) is 4.06. The predicted octanol–water partition coefficient (Wildman–Crippen LogP) is 4.56. The van der Waals surface area contributed by atoms with Crippen molar-refractivity contribution in [2.24, 2.45) is 0 Å². The van der Waals surface area contributed by atoms with Crippen molar-refractivity contribution >= 4 is 34.8 Å². The number of non-ortho nitro benzene ring substituents is 1. The highest BCUT2D eigenvalue weighted by Gasteiger charge is 2.20. The van der Waals surface area contributed by atoms with Gasteiger partial charge in [-0.25, -0.2) is 0 Å². The molecule has 120 valence electrons. The number of halogens is 2. The van der Waals surface area contributed by atoms with Gasteiger partial charge < -0.3 is 4.90 Å². The van der Waals surface area contributed by atoms with Crippen molar-refractivity contribution in [1.82, 2.24) is 4.90 Å². The van der Waals surface area contributed by atoms with Gasteiger partial charge in [-0.05, 0) is 24.6 Å². The molecular weight excluding hydrogens is 339 g/mol. The summed E-state index contributed by atoms with van der Waals surface area (Å²) < 4.78 is 0. The molecule has 0 radical (unpaired) electrons. The van der Waals surface area contributed by atoms with E-state index in [9.17, 15) is 14.9 Å². The fourth-order valence-electron chi connectivity index (χ4n) is 2.12. The zero-order valence-corrected chi connectivity index (χ0v) is 13.8. The fourth-order valence-corrected chi connectivity index (χ4v) is 2.57. The van der Waals surface area contributed by atoms with Crippen molar-refractivity contribution < 1.29 is 9.72 Å². The van der Waals surface area contributed by atoms with E-state index < -0.39 is 4.92 Å². The predicted molar refractivity (Wildman–Crippen MR) is 90.0 cm³/mol. The Kier molecular flexibility index (Phi) is 5.58. The van der Waals surface area contributed by atoms with Crippen molar-refractivity contribution in [3.63, 3.8) is 0 Å². The van der Waals surface area contributed by atoms with E-state index in [4.69, 9.17) is 23.2 Å². The van der Waals surface area contributed by atoms with E-state index in [1.807, 2.05) is 25.1 Å². The average molecular weight is 353 g/mol. The lowest BCUT2D eigenvalue weighted by molar-refractivity contribution is -0.384. The summed E-state index contributed by atoms with van der Waals surface area (Å²) in [4.78, 5) is 24.4. The summed E-state index contributed by atoms with van der Waals surface area (Å²) in [6.07, 6.45) is 0. The lowest BCUT2D eigenvalue weighted by atomic mass is 10.1. The molecule has 0 N–H and O–H groups in total. The minimum atomic E-state index is -0.554. The van der Waals surface area contributed by atoms with Gasteiger partial charge in [0.05, 0.1) is 15.5 Å². The Morgan fingerprint density at radius 3 is 2.43 bits per heavy atom. The smallest absolute Gasteiger partial charge is 0.270 e. The van der Waals surface area contributed by atoms with Crippen LogP contribution in [0.5, 0.6) is 0 Å². The summed E-state index contributed by atoms with van der Waals surface area (Å²) in [5.74, 6) is -0.299. The number of carbonyl (C=O) groups excluding carboxylic acids is 1. The number of amides is 1. The van der Waals surface area contributed by atoms with Gasteiger partial charge in [-0.1, -0.05) is 41.4 Å². The fraction of sp³-hybridized carbons (Fsp3) is 0.188. The van der Waals surface area contributed by atoms with Gasteiger partial charge in [-0.2, -0.15) is 0 Å². The Bertz CT molecular complexity index is 750. The number of nitro groups is 1. The molecule has 0 unspecified atom stereocenters. The molecule has 0 aliphatic carbocycles. The number of carbonyl (C=O) groups is 1. The minimum absolute atomic E-state index is 0.0572. The quantitative estimate of drug-likeness (QED) is 0.585. The number of nitro benzene ring substituents is 1. The molecule has 0 aliphatic rings. The third kappa shape index (κ3) is 4.00. The van der Waals surface area contributed by atoms with Gasteiger partial charge in [0.25, 0.3) is 11.6 Å². The van der Waals surface area contributed by atoms with Crippen LogP contribution >= 0.6 is 23.2 Å². The first kappa shape index (κ1) is 17.2. The number of rotatable bonds is 5. The van der Waals surface area contributed by atoms with Gasteiger partial charge in [0, 0.05) is 30.2 Å². The van der Waals surface area contributed by atoms with E-state index in [2.05, 4.69) is 0 Å². The average Bonchev–Trinajstić information content (AvgIpc) is 2.53. The molecule has 0 atom stereocenters. The highest BCUT2D eigenvalue weighted by atomic mass is 35.5. The zero-order valence-electron chi connectivity index (χ0n) is 12.3. The van der Waals surface area contributed by atoms with Crippen LogP contribution in [0.15, 0.2) is 42.5 Å². The highest BCUT2D eigenvalue weighted by molar-refractivity contribution is 6.34. The van der Waals surface area contributed by atoms with Crippen molar-refractivity contribution in [1.29, 1.82) is 0 Å². The first-order valence-corrected chi connectivity index (χ1v) is 7.66. The van der Waals surface area contributed by atoms with Crippen LogP contribution in [0.3, 0.4) is 0 Å². The normalized spacial score (nSPS) is 10.4. The number of hydrogen-bond acceptors (Lipinski definition) is 3. The number of hydrogen-bond donors (Lipinski definition) is 0. The number of nitrogens with zero attached hydrogens (tertiary/aromatic N) is 2. The maximum absolute atomic E-state index is 12.6. The largest absolute Gasteiger partial charge is 0.334 e. The van der Waals surface area contributed by atoms with Gasteiger partial charge in [0.15, 0.2) is 0 Å². The Labute approximate surface area is 143 Å². The highest BCUT2D eigenvalue weighted by Crippen LogP contribution is 2.25. The SMILES string of the molecule is CCN(Cc1ccccc1Cl)C(=O)c1ccc([N+](=O)[O-])cc1Cl. The lowest BCUT2D eigenvalue weighted by Crippen LogP contribution is -2.30. The molecule has 0 bridgehead atoms. The van der Waals surface area contributed by atoms with E-state index in [0.29, 0.717) is 18.1 Å². The van der Waals surface area contributed by atoms with Crippen LogP contribution in [0.2, 0.25) is 10.0 Å². The molecule has 0 fully saturated rings. The topological polar surface area (TPSA) is 63.5 Å². The second-order valence-electron chi connectivity index (χ2n) is 4.83. The lowest BCUT2D eigenvalue weighted by Gasteiger charge is -2.22. The third-order valence-electron chi connectivity index (χ3n) is 3.38. The molecule has 0 heterocycles. The molecular formula is C16H14Cl2N2O3. The molecule has 2 aromatic carbocycles. The first-order valence-electron chi connectivity index (χ1n) is 6.90. The Hall–Kier alpha value is -2.11. The van der Waals surface area contributed by atoms with Crippen molar-refractivity contribution in [3.05, 3.63) is 73.8 Å². The van der Waals surface area contributed by atoms with E-state index >= 15 is 0 Å². The molecule has 1 amide bonds. The van der Waals surface area contributed by atoms with Gasteiger partial charge >= 0.3 is 0 Å². The van der Waals surface area contributed by atoms with Crippen LogP contribution in [-0.2, 0) is 6.54 Å².